The van der Waals surface area contributed by atoms with E-state index in [1.165, 1.54) is 16.2 Å². The van der Waals surface area contributed by atoms with E-state index in [4.69, 9.17) is 10.9 Å². The highest BCUT2D eigenvalue weighted by Crippen LogP contribution is 2.15. The van der Waals surface area contributed by atoms with Crippen molar-refractivity contribution in [2.45, 2.75) is 26.3 Å². The van der Waals surface area contributed by atoms with E-state index in [9.17, 15) is 4.79 Å². The highest BCUT2D eigenvalue weighted by molar-refractivity contribution is 5.96. The summed E-state index contributed by atoms with van der Waals surface area (Å²) in [6.45, 7) is 4.73. The van der Waals surface area contributed by atoms with Gasteiger partial charge in [0.25, 0.3) is 5.56 Å². The van der Waals surface area contributed by atoms with Crippen LogP contribution in [0.2, 0.25) is 0 Å². The van der Waals surface area contributed by atoms with Crippen molar-refractivity contribution in [3.05, 3.63) is 69.6 Å². The highest BCUT2D eigenvalue weighted by Gasteiger charge is 2.08. The average Bonchev–Trinajstić information content (AvgIpc) is 2.49. The molecular weight excluding hydrogens is 266 g/mol. The Balaban J connectivity index is 2.30. The molecule has 5 nitrogen and oxygen atoms in total. The molecule has 0 saturated heterocycles. The van der Waals surface area contributed by atoms with E-state index >= 15 is 0 Å². The third-order valence-electron chi connectivity index (χ3n) is 3.40. The van der Waals surface area contributed by atoms with Gasteiger partial charge in [0, 0.05) is 6.20 Å². The summed E-state index contributed by atoms with van der Waals surface area (Å²) in [6.07, 6.45) is 1.69. The Labute approximate surface area is 123 Å². The predicted molar refractivity (Wildman–Crippen MR) is 82.8 cm³/mol. The summed E-state index contributed by atoms with van der Waals surface area (Å²) in [5.41, 5.74) is 7.70. The van der Waals surface area contributed by atoms with Crippen molar-refractivity contribution < 1.29 is 5.21 Å². The minimum atomic E-state index is -0.277. The number of nitrogens with two attached hydrogens (primary N) is 1. The molecule has 0 radical (unpaired) electrons. The molecule has 0 atom stereocenters. The molecular formula is C16H19N3O2. The second-order valence-corrected chi connectivity index (χ2v) is 5.24. The smallest absolute Gasteiger partial charge is 0.261 e. The molecule has 2 rings (SSSR count). The van der Waals surface area contributed by atoms with E-state index in [0.29, 0.717) is 12.5 Å². The van der Waals surface area contributed by atoms with Gasteiger partial charge in [-0.3, -0.25) is 4.79 Å². The van der Waals surface area contributed by atoms with Gasteiger partial charge in [0.15, 0.2) is 5.84 Å². The number of amidine groups is 1. The highest BCUT2D eigenvalue weighted by atomic mass is 16.4. The van der Waals surface area contributed by atoms with Crippen molar-refractivity contribution >= 4 is 5.84 Å². The number of pyridine rings is 1. The zero-order valence-corrected chi connectivity index (χ0v) is 12.2. The zero-order chi connectivity index (χ0) is 15.4. The maximum atomic E-state index is 12.2. The first-order valence-corrected chi connectivity index (χ1v) is 6.79. The maximum absolute atomic E-state index is 12.2. The number of benzene rings is 1. The van der Waals surface area contributed by atoms with E-state index in [0.717, 1.165) is 5.56 Å². The van der Waals surface area contributed by atoms with Gasteiger partial charge in [-0.2, -0.15) is 0 Å². The summed E-state index contributed by atoms with van der Waals surface area (Å²) >= 11 is 0. The Kier molecular flexibility index (Phi) is 4.42. The lowest BCUT2D eigenvalue weighted by molar-refractivity contribution is 0.318. The lowest BCUT2D eigenvalue weighted by Crippen LogP contribution is -2.29. The fourth-order valence-electron chi connectivity index (χ4n) is 2.11. The second kappa shape index (κ2) is 6.26. The topological polar surface area (TPSA) is 80.6 Å². The Morgan fingerprint density at radius 1 is 1.29 bits per heavy atom. The molecule has 0 fully saturated rings. The standard InChI is InChI=1S/C16H19N3O2/c1-11(2)13-7-5-12(6-8-13)10-19-9-3-4-14(16(19)20)15(17)18-21/h3-9,11,21H,10H2,1-2H3,(H2,17,18). The van der Waals surface area contributed by atoms with E-state index in [2.05, 4.69) is 31.1 Å². The number of aromatic nitrogens is 1. The van der Waals surface area contributed by atoms with Crippen LogP contribution in [0, 0.1) is 0 Å². The van der Waals surface area contributed by atoms with Gasteiger partial charge in [-0.25, -0.2) is 0 Å². The molecule has 0 unspecified atom stereocenters. The van der Waals surface area contributed by atoms with Gasteiger partial charge >= 0.3 is 0 Å². The zero-order valence-electron chi connectivity index (χ0n) is 12.2. The van der Waals surface area contributed by atoms with Crippen molar-refractivity contribution in [3.63, 3.8) is 0 Å². The SMILES string of the molecule is CC(C)c1ccc(Cn2cccc(/C(N)=N/O)c2=O)cc1. The van der Waals surface area contributed by atoms with Crippen molar-refractivity contribution in [3.8, 4) is 0 Å². The van der Waals surface area contributed by atoms with E-state index in [1.54, 1.807) is 12.3 Å². The third kappa shape index (κ3) is 3.31. The molecule has 1 heterocycles. The monoisotopic (exact) mass is 285 g/mol. The average molecular weight is 285 g/mol. The number of hydrogen-bond donors (Lipinski definition) is 2. The largest absolute Gasteiger partial charge is 0.409 e. The quantitative estimate of drug-likeness (QED) is 0.391. The molecule has 0 saturated carbocycles. The molecule has 1 aromatic heterocycles. The number of rotatable bonds is 4. The van der Waals surface area contributed by atoms with E-state index < -0.39 is 0 Å². The fraction of sp³-hybridized carbons (Fsp3) is 0.250. The van der Waals surface area contributed by atoms with Crippen LogP contribution in [-0.2, 0) is 6.54 Å². The molecule has 3 N–H and O–H groups in total. The van der Waals surface area contributed by atoms with Crippen molar-refractivity contribution in [1.29, 1.82) is 0 Å². The fourth-order valence-corrected chi connectivity index (χ4v) is 2.11. The van der Waals surface area contributed by atoms with Gasteiger partial charge in [-0.15, -0.1) is 0 Å². The normalized spacial score (nSPS) is 11.9. The van der Waals surface area contributed by atoms with Gasteiger partial charge < -0.3 is 15.5 Å². The summed E-state index contributed by atoms with van der Waals surface area (Å²) in [5.74, 6) is 0.301. The van der Waals surface area contributed by atoms with Gasteiger partial charge in [-0.1, -0.05) is 43.3 Å². The first kappa shape index (κ1) is 14.8. The van der Waals surface area contributed by atoms with Gasteiger partial charge in [0.1, 0.15) is 0 Å². The second-order valence-electron chi connectivity index (χ2n) is 5.24. The summed E-state index contributed by atoms with van der Waals surface area (Å²) in [5, 5.41) is 11.6. The Morgan fingerprint density at radius 2 is 1.95 bits per heavy atom. The van der Waals surface area contributed by atoms with Gasteiger partial charge in [-0.05, 0) is 29.2 Å². The molecule has 2 aromatic rings. The summed E-state index contributed by atoms with van der Waals surface area (Å²) in [4.78, 5) is 12.2. The lowest BCUT2D eigenvalue weighted by atomic mass is 10.0. The third-order valence-corrected chi connectivity index (χ3v) is 3.40. The van der Waals surface area contributed by atoms with Crippen molar-refractivity contribution in [1.82, 2.24) is 4.57 Å². The van der Waals surface area contributed by atoms with Crippen molar-refractivity contribution in [2.75, 3.05) is 0 Å². The molecule has 0 spiro atoms. The van der Waals surface area contributed by atoms with Crippen LogP contribution < -0.4 is 11.3 Å². The molecule has 110 valence electrons. The Bertz CT molecular complexity index is 700. The van der Waals surface area contributed by atoms with Crippen LogP contribution in [0.4, 0.5) is 0 Å². The van der Waals surface area contributed by atoms with Crippen LogP contribution in [0.15, 0.2) is 52.5 Å². The van der Waals surface area contributed by atoms with E-state index in [1.807, 2.05) is 12.1 Å². The molecule has 21 heavy (non-hydrogen) atoms. The number of oxime groups is 1. The van der Waals surface area contributed by atoms with Crippen molar-refractivity contribution in [2.24, 2.45) is 10.9 Å². The van der Waals surface area contributed by atoms with Crippen LogP contribution >= 0.6 is 0 Å². The summed E-state index contributed by atoms with van der Waals surface area (Å²) in [7, 11) is 0. The first-order valence-electron chi connectivity index (χ1n) is 6.79. The van der Waals surface area contributed by atoms with E-state index in [-0.39, 0.29) is 17.0 Å². The van der Waals surface area contributed by atoms with Crippen LogP contribution in [0.3, 0.4) is 0 Å². The molecule has 5 heteroatoms. The molecule has 0 aliphatic heterocycles. The summed E-state index contributed by atoms with van der Waals surface area (Å²) in [6, 6.07) is 11.4. The Morgan fingerprint density at radius 3 is 2.52 bits per heavy atom. The van der Waals surface area contributed by atoms with Crippen LogP contribution in [0.1, 0.15) is 36.5 Å². The van der Waals surface area contributed by atoms with Crippen LogP contribution in [-0.4, -0.2) is 15.6 Å². The van der Waals surface area contributed by atoms with Gasteiger partial charge in [0.05, 0.1) is 12.1 Å². The molecule has 0 aliphatic carbocycles. The van der Waals surface area contributed by atoms with Crippen LogP contribution in [0.5, 0.6) is 0 Å². The molecule has 0 amide bonds. The lowest BCUT2D eigenvalue weighted by Gasteiger charge is -2.09. The molecule has 1 aromatic carbocycles. The first-order chi connectivity index (χ1) is 10.0. The minimum Gasteiger partial charge on any atom is -0.409 e. The van der Waals surface area contributed by atoms with Crippen LogP contribution in [0.25, 0.3) is 0 Å². The number of nitrogens with zero attached hydrogens (tertiary/aromatic N) is 2. The molecule has 0 aliphatic rings. The number of hydrogen-bond acceptors (Lipinski definition) is 3. The van der Waals surface area contributed by atoms with Gasteiger partial charge in [0.2, 0.25) is 0 Å². The predicted octanol–water partition coefficient (Wildman–Crippen LogP) is 2.11. The summed E-state index contributed by atoms with van der Waals surface area (Å²) < 4.78 is 1.54. The Hall–Kier alpha value is -2.56. The molecule has 0 bridgehead atoms. The maximum Gasteiger partial charge on any atom is 0.261 e. The minimum absolute atomic E-state index is 0.176.